The highest BCUT2D eigenvalue weighted by Gasteiger charge is 2.31. The summed E-state index contributed by atoms with van der Waals surface area (Å²) in [6.07, 6.45) is 4.90. The Hall–Kier alpha value is -1.71. The van der Waals surface area contributed by atoms with E-state index in [-0.39, 0.29) is 0 Å². The lowest BCUT2D eigenvalue weighted by atomic mass is 10.0. The molecule has 0 spiro atoms. The third kappa shape index (κ3) is 3.93. The molecule has 1 saturated carbocycles. The van der Waals surface area contributed by atoms with Gasteiger partial charge in [-0.05, 0) is 48.9 Å². The summed E-state index contributed by atoms with van der Waals surface area (Å²) in [5.74, 6) is 0.728. The van der Waals surface area contributed by atoms with Crippen molar-refractivity contribution < 1.29 is 5.11 Å². The molecule has 3 heteroatoms. The molecular weight excluding hydrogens is 272 g/mol. The molecule has 2 N–H and O–H groups in total. The maximum Gasteiger partial charge on any atom is 0.0917 e. The van der Waals surface area contributed by atoms with Crippen LogP contribution in [0.15, 0.2) is 48.7 Å². The Morgan fingerprint density at radius 3 is 2.64 bits per heavy atom. The molecule has 1 aromatic carbocycles. The summed E-state index contributed by atoms with van der Waals surface area (Å²) in [5.41, 5.74) is 3.28. The molecule has 22 heavy (non-hydrogen) atoms. The Morgan fingerprint density at radius 2 is 1.95 bits per heavy atom. The van der Waals surface area contributed by atoms with Crippen molar-refractivity contribution in [3.05, 3.63) is 65.5 Å². The molecule has 0 radical (unpaired) electrons. The maximum atomic E-state index is 10.4. The first-order chi connectivity index (χ1) is 10.7. The van der Waals surface area contributed by atoms with Crippen LogP contribution in [0, 0.1) is 12.8 Å². The summed E-state index contributed by atoms with van der Waals surface area (Å²) in [7, 11) is 0. The molecule has 0 bridgehead atoms. The quantitative estimate of drug-likeness (QED) is 0.825. The van der Waals surface area contributed by atoms with Gasteiger partial charge in [-0.1, -0.05) is 30.3 Å². The number of nitrogens with zero attached hydrogens (tertiary/aromatic N) is 1. The number of hydrogen-bond acceptors (Lipinski definition) is 3. The molecule has 0 amide bonds. The number of aryl methyl sites for hydroxylation is 1. The minimum absolute atomic E-state index is 0.411. The third-order valence-corrected chi connectivity index (χ3v) is 4.47. The maximum absolute atomic E-state index is 10.4. The van der Waals surface area contributed by atoms with Gasteiger partial charge in [0.2, 0.25) is 0 Å². The van der Waals surface area contributed by atoms with Gasteiger partial charge in [-0.25, -0.2) is 0 Å². The topological polar surface area (TPSA) is 45.1 Å². The van der Waals surface area contributed by atoms with Crippen LogP contribution in [-0.4, -0.2) is 22.7 Å². The Labute approximate surface area is 132 Å². The van der Waals surface area contributed by atoms with Crippen LogP contribution in [0.5, 0.6) is 0 Å². The molecule has 3 rings (SSSR count). The first-order valence-electron chi connectivity index (χ1n) is 8.11. The lowest BCUT2D eigenvalue weighted by Gasteiger charge is -2.21. The molecule has 1 aliphatic rings. The van der Waals surface area contributed by atoms with E-state index in [2.05, 4.69) is 16.4 Å². The number of aliphatic hydroxyl groups is 1. The third-order valence-electron chi connectivity index (χ3n) is 4.47. The Balaban J connectivity index is 1.59. The Kier molecular flexibility index (Phi) is 4.86. The number of rotatable bonds is 7. The van der Waals surface area contributed by atoms with Gasteiger partial charge in [0.05, 0.1) is 6.10 Å². The van der Waals surface area contributed by atoms with Crippen molar-refractivity contribution in [3.8, 4) is 0 Å². The highest BCUT2D eigenvalue weighted by molar-refractivity contribution is 5.27. The molecule has 2 atom stereocenters. The monoisotopic (exact) mass is 296 g/mol. The van der Waals surface area contributed by atoms with Crippen LogP contribution in [0.1, 0.15) is 35.8 Å². The number of benzene rings is 1. The molecule has 2 aromatic rings. The van der Waals surface area contributed by atoms with Crippen molar-refractivity contribution in [1.29, 1.82) is 0 Å². The highest BCUT2D eigenvalue weighted by Crippen LogP contribution is 2.34. The van der Waals surface area contributed by atoms with Gasteiger partial charge >= 0.3 is 0 Å². The van der Waals surface area contributed by atoms with Crippen LogP contribution in [0.25, 0.3) is 0 Å². The van der Waals surface area contributed by atoms with E-state index in [1.807, 2.05) is 49.5 Å². The highest BCUT2D eigenvalue weighted by atomic mass is 16.3. The van der Waals surface area contributed by atoms with Gasteiger partial charge in [0, 0.05) is 30.9 Å². The van der Waals surface area contributed by atoms with E-state index >= 15 is 0 Å². The van der Waals surface area contributed by atoms with Crippen molar-refractivity contribution in [2.24, 2.45) is 5.92 Å². The number of pyridine rings is 1. The van der Waals surface area contributed by atoms with Crippen molar-refractivity contribution in [2.75, 3.05) is 6.54 Å². The van der Waals surface area contributed by atoms with E-state index < -0.39 is 6.10 Å². The summed E-state index contributed by atoms with van der Waals surface area (Å²) >= 11 is 0. The Morgan fingerprint density at radius 1 is 1.18 bits per heavy atom. The van der Waals surface area contributed by atoms with Crippen molar-refractivity contribution in [2.45, 2.75) is 38.3 Å². The van der Waals surface area contributed by atoms with Gasteiger partial charge < -0.3 is 10.4 Å². The first-order valence-corrected chi connectivity index (χ1v) is 8.11. The minimum atomic E-state index is -0.453. The van der Waals surface area contributed by atoms with Crippen molar-refractivity contribution >= 4 is 0 Å². The standard InChI is InChI=1S/C19H24N2O/c1-14-6-2-3-8-17(14)19(22)13-21-18(15-9-10-15)12-16-7-4-5-11-20-16/h2-8,11,15,18-19,21-22H,9-10,12-13H2,1H3. The zero-order valence-corrected chi connectivity index (χ0v) is 13.1. The number of nitrogens with one attached hydrogen (secondary N) is 1. The zero-order valence-electron chi connectivity index (χ0n) is 13.1. The molecule has 3 nitrogen and oxygen atoms in total. The minimum Gasteiger partial charge on any atom is -0.387 e. The van der Waals surface area contributed by atoms with Crippen LogP contribution in [0.2, 0.25) is 0 Å². The fraction of sp³-hybridized carbons (Fsp3) is 0.421. The zero-order chi connectivity index (χ0) is 15.4. The predicted molar refractivity (Wildman–Crippen MR) is 88.6 cm³/mol. The summed E-state index contributed by atoms with van der Waals surface area (Å²) < 4.78 is 0. The number of hydrogen-bond donors (Lipinski definition) is 2. The van der Waals surface area contributed by atoms with Gasteiger partial charge in [-0.15, -0.1) is 0 Å². The lowest BCUT2D eigenvalue weighted by molar-refractivity contribution is 0.167. The summed E-state index contributed by atoms with van der Waals surface area (Å²) in [6, 6.07) is 14.5. The van der Waals surface area contributed by atoms with Gasteiger partial charge in [0.1, 0.15) is 0 Å². The van der Waals surface area contributed by atoms with Gasteiger partial charge in [-0.2, -0.15) is 0 Å². The SMILES string of the molecule is Cc1ccccc1C(O)CNC(Cc1ccccn1)C1CC1. The van der Waals surface area contributed by atoms with E-state index in [1.165, 1.54) is 12.8 Å². The molecule has 0 saturated heterocycles. The number of aromatic nitrogens is 1. The van der Waals surface area contributed by atoms with Gasteiger partial charge in [-0.3, -0.25) is 4.98 Å². The molecule has 1 fully saturated rings. The molecule has 116 valence electrons. The fourth-order valence-electron chi connectivity index (χ4n) is 2.98. The average molecular weight is 296 g/mol. The van der Waals surface area contributed by atoms with Gasteiger partial charge in [0.15, 0.2) is 0 Å². The van der Waals surface area contributed by atoms with E-state index in [4.69, 9.17) is 0 Å². The van der Waals surface area contributed by atoms with E-state index in [1.54, 1.807) is 0 Å². The smallest absolute Gasteiger partial charge is 0.0917 e. The normalized spacial score (nSPS) is 17.2. The van der Waals surface area contributed by atoms with Gasteiger partial charge in [0.25, 0.3) is 0 Å². The van der Waals surface area contributed by atoms with E-state index in [9.17, 15) is 5.11 Å². The van der Waals surface area contributed by atoms with Crippen LogP contribution in [0.3, 0.4) is 0 Å². The molecule has 1 aromatic heterocycles. The largest absolute Gasteiger partial charge is 0.387 e. The second-order valence-corrected chi connectivity index (χ2v) is 6.25. The van der Waals surface area contributed by atoms with Crippen molar-refractivity contribution in [1.82, 2.24) is 10.3 Å². The molecule has 1 aliphatic carbocycles. The van der Waals surface area contributed by atoms with E-state index in [0.29, 0.717) is 12.6 Å². The fourth-order valence-corrected chi connectivity index (χ4v) is 2.98. The number of aliphatic hydroxyl groups excluding tert-OH is 1. The van der Waals surface area contributed by atoms with Crippen LogP contribution >= 0.6 is 0 Å². The second kappa shape index (κ2) is 7.03. The molecule has 0 aliphatic heterocycles. The Bertz CT molecular complexity index is 595. The summed E-state index contributed by atoms with van der Waals surface area (Å²) in [4.78, 5) is 4.43. The van der Waals surface area contributed by atoms with E-state index in [0.717, 1.165) is 29.2 Å². The molecule has 2 unspecified atom stereocenters. The molecule has 1 heterocycles. The lowest BCUT2D eigenvalue weighted by Crippen LogP contribution is -2.36. The van der Waals surface area contributed by atoms with Crippen molar-refractivity contribution in [3.63, 3.8) is 0 Å². The summed E-state index contributed by atoms with van der Waals surface area (Å²) in [6.45, 7) is 2.64. The predicted octanol–water partition coefficient (Wildman–Crippen LogP) is 3.03. The second-order valence-electron chi connectivity index (χ2n) is 6.25. The van der Waals surface area contributed by atoms with Crippen LogP contribution in [0.4, 0.5) is 0 Å². The summed E-state index contributed by atoms with van der Waals surface area (Å²) in [5, 5.41) is 14.0. The molecular formula is C19H24N2O. The van der Waals surface area contributed by atoms with Crippen LogP contribution < -0.4 is 5.32 Å². The average Bonchev–Trinajstić information content (AvgIpc) is 3.37. The first kappa shape index (κ1) is 15.2. The van der Waals surface area contributed by atoms with Crippen LogP contribution in [-0.2, 0) is 6.42 Å².